The van der Waals surface area contributed by atoms with Crippen LogP contribution in [0.25, 0.3) is 22.0 Å². The quantitative estimate of drug-likeness (QED) is 0.707. The number of aryl methyl sites for hydroxylation is 2. The number of furan rings is 1. The van der Waals surface area contributed by atoms with Crippen molar-refractivity contribution in [1.29, 1.82) is 0 Å². The Labute approximate surface area is 151 Å². The molecule has 0 N–H and O–H groups in total. The van der Waals surface area contributed by atoms with Crippen LogP contribution in [0.2, 0.25) is 0 Å². The molecule has 3 aromatic heterocycles. The van der Waals surface area contributed by atoms with E-state index in [0.29, 0.717) is 16.5 Å². The SMILES string of the molecule is Cc1cc2c(o1)c1cnn(CC(=O)N3C(C)CCCC3C)c(=O)c1n2C. The highest BCUT2D eigenvalue weighted by Crippen LogP contribution is 2.28. The molecule has 2 unspecified atom stereocenters. The van der Waals surface area contributed by atoms with Crippen molar-refractivity contribution in [2.24, 2.45) is 7.05 Å². The maximum Gasteiger partial charge on any atom is 0.291 e. The van der Waals surface area contributed by atoms with Crippen molar-refractivity contribution >= 4 is 27.9 Å². The van der Waals surface area contributed by atoms with Gasteiger partial charge in [0.2, 0.25) is 5.91 Å². The number of aromatic nitrogens is 3. The maximum absolute atomic E-state index is 13.0. The molecular weight excluding hydrogens is 332 g/mol. The fourth-order valence-electron chi connectivity index (χ4n) is 4.27. The molecule has 7 nitrogen and oxygen atoms in total. The van der Waals surface area contributed by atoms with Gasteiger partial charge in [-0.25, -0.2) is 4.68 Å². The van der Waals surface area contributed by atoms with E-state index in [4.69, 9.17) is 4.42 Å². The van der Waals surface area contributed by atoms with E-state index in [1.54, 1.807) is 6.20 Å². The molecule has 1 aliphatic rings. The van der Waals surface area contributed by atoms with Gasteiger partial charge in [-0.15, -0.1) is 0 Å². The largest absolute Gasteiger partial charge is 0.459 e. The summed E-state index contributed by atoms with van der Waals surface area (Å²) < 4.78 is 8.80. The number of piperidine rings is 1. The van der Waals surface area contributed by atoms with Crippen molar-refractivity contribution in [1.82, 2.24) is 19.2 Å². The smallest absolute Gasteiger partial charge is 0.291 e. The second-order valence-corrected chi connectivity index (χ2v) is 7.43. The van der Waals surface area contributed by atoms with Gasteiger partial charge < -0.3 is 13.9 Å². The van der Waals surface area contributed by atoms with Crippen molar-refractivity contribution in [3.8, 4) is 0 Å². The molecule has 138 valence electrons. The number of carbonyl (C=O) groups is 1. The Morgan fingerprint density at radius 3 is 2.69 bits per heavy atom. The lowest BCUT2D eigenvalue weighted by molar-refractivity contribution is -0.138. The second kappa shape index (κ2) is 6.00. The molecule has 4 heterocycles. The van der Waals surface area contributed by atoms with E-state index in [-0.39, 0.29) is 30.1 Å². The normalized spacial score (nSPS) is 21.0. The number of amides is 1. The van der Waals surface area contributed by atoms with Gasteiger partial charge in [-0.1, -0.05) is 0 Å². The zero-order valence-corrected chi connectivity index (χ0v) is 15.7. The van der Waals surface area contributed by atoms with Gasteiger partial charge in [0.15, 0.2) is 5.58 Å². The minimum absolute atomic E-state index is 0.0327. The topological polar surface area (TPSA) is 73.3 Å². The average Bonchev–Trinajstić information content (AvgIpc) is 3.07. The molecule has 1 amide bonds. The summed E-state index contributed by atoms with van der Waals surface area (Å²) in [6.07, 6.45) is 4.77. The summed E-state index contributed by atoms with van der Waals surface area (Å²) in [6.45, 7) is 5.98. The molecule has 0 saturated carbocycles. The number of nitrogens with zero attached hydrogens (tertiary/aromatic N) is 4. The van der Waals surface area contributed by atoms with Crippen molar-refractivity contribution in [2.45, 2.75) is 58.7 Å². The molecule has 1 saturated heterocycles. The van der Waals surface area contributed by atoms with Crippen LogP contribution in [-0.4, -0.2) is 37.2 Å². The molecule has 0 radical (unpaired) electrons. The molecule has 0 spiro atoms. The third kappa shape index (κ3) is 2.45. The predicted octanol–water partition coefficient (Wildman–Crippen LogP) is 2.58. The van der Waals surface area contributed by atoms with Gasteiger partial charge in [-0.05, 0) is 40.0 Å². The van der Waals surface area contributed by atoms with Gasteiger partial charge in [0.1, 0.15) is 17.8 Å². The van der Waals surface area contributed by atoms with E-state index in [0.717, 1.165) is 30.5 Å². The lowest BCUT2D eigenvalue weighted by Crippen LogP contribution is -2.49. The fraction of sp³-hybridized carbons (Fsp3) is 0.526. The van der Waals surface area contributed by atoms with E-state index < -0.39 is 0 Å². The first kappa shape index (κ1) is 16.9. The molecule has 0 aromatic carbocycles. The molecule has 0 bridgehead atoms. The summed E-state index contributed by atoms with van der Waals surface area (Å²) in [5.74, 6) is 0.743. The van der Waals surface area contributed by atoms with Crippen LogP contribution in [0.15, 0.2) is 21.5 Å². The molecule has 1 fully saturated rings. The number of hydrogen-bond acceptors (Lipinski definition) is 4. The maximum atomic E-state index is 13.0. The summed E-state index contributed by atoms with van der Waals surface area (Å²) in [5, 5.41) is 4.93. The summed E-state index contributed by atoms with van der Waals surface area (Å²) in [5.41, 5.74) is 1.78. The molecule has 2 atom stereocenters. The van der Waals surface area contributed by atoms with E-state index in [1.165, 1.54) is 4.68 Å². The number of rotatable bonds is 2. The Hall–Kier alpha value is -2.57. The lowest BCUT2D eigenvalue weighted by atomic mass is 9.97. The van der Waals surface area contributed by atoms with E-state index in [2.05, 4.69) is 18.9 Å². The minimum atomic E-state index is -0.264. The summed E-state index contributed by atoms with van der Waals surface area (Å²) in [6, 6.07) is 2.30. The molecule has 26 heavy (non-hydrogen) atoms. The van der Waals surface area contributed by atoms with Gasteiger partial charge in [-0.3, -0.25) is 9.59 Å². The molecule has 1 aliphatic heterocycles. The Morgan fingerprint density at radius 2 is 2.00 bits per heavy atom. The standard InChI is InChI=1S/C19H24N4O3/c1-11-6-5-7-12(2)23(11)16(24)10-22-19(25)17-14(9-20-22)18-15(21(17)4)8-13(3)26-18/h8-9,11-12H,5-7,10H2,1-4H3. The average molecular weight is 356 g/mol. The Balaban J connectivity index is 1.73. The summed E-state index contributed by atoms with van der Waals surface area (Å²) in [7, 11) is 1.84. The van der Waals surface area contributed by atoms with Gasteiger partial charge in [0.05, 0.1) is 17.1 Å². The van der Waals surface area contributed by atoms with E-state index in [1.807, 2.05) is 29.5 Å². The third-order valence-electron chi connectivity index (χ3n) is 5.56. The van der Waals surface area contributed by atoms with Gasteiger partial charge in [0.25, 0.3) is 5.56 Å². The van der Waals surface area contributed by atoms with E-state index >= 15 is 0 Å². The van der Waals surface area contributed by atoms with Crippen LogP contribution in [0.1, 0.15) is 38.9 Å². The molecule has 7 heteroatoms. The van der Waals surface area contributed by atoms with Crippen molar-refractivity contribution < 1.29 is 9.21 Å². The number of hydrogen-bond donors (Lipinski definition) is 0. The minimum Gasteiger partial charge on any atom is -0.459 e. The van der Waals surface area contributed by atoms with Crippen LogP contribution in [0.4, 0.5) is 0 Å². The first-order chi connectivity index (χ1) is 12.4. The monoisotopic (exact) mass is 356 g/mol. The van der Waals surface area contributed by atoms with Crippen molar-refractivity contribution in [2.75, 3.05) is 0 Å². The Kier molecular flexibility index (Phi) is 3.89. The predicted molar refractivity (Wildman–Crippen MR) is 99.1 cm³/mol. The van der Waals surface area contributed by atoms with Crippen LogP contribution in [0, 0.1) is 6.92 Å². The van der Waals surface area contributed by atoms with Crippen molar-refractivity contribution in [3.63, 3.8) is 0 Å². The summed E-state index contributed by atoms with van der Waals surface area (Å²) >= 11 is 0. The van der Waals surface area contributed by atoms with E-state index in [9.17, 15) is 9.59 Å². The van der Waals surface area contributed by atoms with Gasteiger partial charge in [0, 0.05) is 25.2 Å². The first-order valence-corrected chi connectivity index (χ1v) is 9.14. The van der Waals surface area contributed by atoms with Crippen LogP contribution < -0.4 is 5.56 Å². The van der Waals surface area contributed by atoms with Gasteiger partial charge in [-0.2, -0.15) is 5.10 Å². The number of fused-ring (bicyclic) bond motifs is 3. The molecule has 3 aromatic rings. The highest BCUT2D eigenvalue weighted by atomic mass is 16.3. The number of carbonyl (C=O) groups excluding carboxylic acids is 1. The fourth-order valence-corrected chi connectivity index (χ4v) is 4.27. The molecule has 4 rings (SSSR count). The van der Waals surface area contributed by atoms with Crippen LogP contribution in [0.3, 0.4) is 0 Å². The third-order valence-corrected chi connectivity index (χ3v) is 5.56. The van der Waals surface area contributed by atoms with Crippen molar-refractivity contribution in [3.05, 3.63) is 28.4 Å². The zero-order chi connectivity index (χ0) is 18.6. The molecule has 0 aliphatic carbocycles. The van der Waals surface area contributed by atoms with Crippen LogP contribution >= 0.6 is 0 Å². The summed E-state index contributed by atoms with van der Waals surface area (Å²) in [4.78, 5) is 27.7. The van der Waals surface area contributed by atoms with Crippen LogP contribution in [-0.2, 0) is 18.4 Å². The zero-order valence-electron chi connectivity index (χ0n) is 15.7. The van der Waals surface area contributed by atoms with Crippen LogP contribution in [0.5, 0.6) is 0 Å². The highest BCUT2D eigenvalue weighted by molar-refractivity contribution is 6.04. The lowest BCUT2D eigenvalue weighted by Gasteiger charge is -2.39. The Bertz CT molecular complexity index is 1050. The second-order valence-electron chi connectivity index (χ2n) is 7.43. The number of likely N-dealkylation sites (tertiary alicyclic amines) is 1. The first-order valence-electron chi connectivity index (χ1n) is 9.14. The molecular formula is C19H24N4O3. The highest BCUT2D eigenvalue weighted by Gasteiger charge is 2.29. The van der Waals surface area contributed by atoms with Gasteiger partial charge >= 0.3 is 0 Å². The Morgan fingerprint density at radius 1 is 1.31 bits per heavy atom.